The van der Waals surface area contributed by atoms with Gasteiger partial charge in [-0.3, -0.25) is 4.79 Å². The van der Waals surface area contributed by atoms with Crippen LogP contribution in [0.2, 0.25) is 0 Å². The maximum Gasteiger partial charge on any atom is 0.302 e. The molecule has 1 fully saturated rings. The van der Waals surface area contributed by atoms with Gasteiger partial charge in [0.1, 0.15) is 34.9 Å². The molecule has 1 unspecified atom stereocenters. The summed E-state index contributed by atoms with van der Waals surface area (Å²) in [6.45, 7) is 2.97. The van der Waals surface area contributed by atoms with E-state index in [1.807, 2.05) is 97.9 Å². The summed E-state index contributed by atoms with van der Waals surface area (Å²) in [7, 11) is 0. The Hall–Kier alpha value is -2.68. The normalized spacial score (nSPS) is 29.1. The van der Waals surface area contributed by atoms with E-state index in [-0.39, 0.29) is 25.9 Å². The predicted molar refractivity (Wildman–Crippen MR) is 149 cm³/mol. The maximum absolute atomic E-state index is 12.9. The molecule has 3 aromatic carbocycles. The van der Waals surface area contributed by atoms with Crippen LogP contribution >= 0.6 is 11.8 Å². The zero-order valence-corrected chi connectivity index (χ0v) is 22.6. The molecule has 0 amide bonds. The van der Waals surface area contributed by atoms with Gasteiger partial charge in [0.15, 0.2) is 0 Å². The highest BCUT2D eigenvalue weighted by molar-refractivity contribution is 7.99. The van der Waals surface area contributed by atoms with Crippen LogP contribution < -0.4 is 0 Å². The van der Waals surface area contributed by atoms with Crippen LogP contribution in [-0.4, -0.2) is 62.0 Å². The Morgan fingerprint density at radius 1 is 0.789 bits per heavy atom. The third kappa shape index (κ3) is 5.67. The molecule has 0 bridgehead atoms. The average Bonchev–Trinajstić information content (AvgIpc) is 2.91. The minimum Gasteiger partial charge on any atom is -0.463 e. The predicted octanol–water partition coefficient (Wildman–Crippen LogP) is 3.95. The summed E-state index contributed by atoms with van der Waals surface area (Å²) in [5.41, 5.74) is -4.62. The van der Waals surface area contributed by atoms with Crippen molar-refractivity contribution in [3.8, 4) is 0 Å². The number of aliphatic hydroxyl groups is 3. The number of carbonyl (C=O) groups excluding carboxylic acids is 1. The summed E-state index contributed by atoms with van der Waals surface area (Å²) < 4.78 is 11.8. The minimum atomic E-state index is -2.09. The Morgan fingerprint density at radius 3 is 1.68 bits per heavy atom. The van der Waals surface area contributed by atoms with Crippen LogP contribution in [-0.2, 0) is 33.5 Å². The Kier molecular flexibility index (Phi) is 8.96. The topological polar surface area (TPSA) is 96.2 Å². The van der Waals surface area contributed by atoms with Gasteiger partial charge in [-0.05, 0) is 22.4 Å². The Labute approximate surface area is 228 Å². The molecule has 38 heavy (non-hydrogen) atoms. The molecule has 1 saturated heterocycles. The van der Waals surface area contributed by atoms with E-state index in [1.54, 1.807) is 0 Å². The van der Waals surface area contributed by atoms with Gasteiger partial charge in [-0.25, -0.2) is 0 Å². The summed E-state index contributed by atoms with van der Waals surface area (Å²) >= 11 is 1.35. The largest absolute Gasteiger partial charge is 0.463 e. The molecule has 0 saturated carbocycles. The molecule has 1 heterocycles. The lowest BCUT2D eigenvalue weighted by molar-refractivity contribution is -0.342. The first-order valence-corrected chi connectivity index (χ1v) is 14.0. The van der Waals surface area contributed by atoms with Crippen LogP contribution in [0.1, 0.15) is 30.5 Å². The first-order chi connectivity index (χ1) is 18.2. The quantitative estimate of drug-likeness (QED) is 0.338. The van der Waals surface area contributed by atoms with Gasteiger partial charge in [0.05, 0.1) is 0 Å². The van der Waals surface area contributed by atoms with Gasteiger partial charge in [-0.1, -0.05) is 97.9 Å². The zero-order chi connectivity index (χ0) is 27.2. The lowest BCUT2D eigenvalue weighted by Gasteiger charge is -2.61. The highest BCUT2D eigenvalue weighted by atomic mass is 32.2. The van der Waals surface area contributed by atoms with Crippen LogP contribution in [0.4, 0.5) is 0 Å². The molecule has 7 heteroatoms. The molecule has 0 spiro atoms. The van der Waals surface area contributed by atoms with Crippen molar-refractivity contribution in [1.29, 1.82) is 0 Å². The fraction of sp³-hybridized carbons (Fsp3) is 0.387. The fourth-order valence-electron chi connectivity index (χ4n) is 5.41. The van der Waals surface area contributed by atoms with Gasteiger partial charge >= 0.3 is 5.97 Å². The standard InChI is InChI=1S/C31H36O6S/c1-3-38-28-30(34,20-25-15-9-5-10-16-25)31(35,21-26-17-11-6-12-18-26)29(33,19-24-13-7-4-8-14-24)27(37-28)22-36-23(2)32/h4-18,27-28,33-35H,3,19-22H2,1-2H3/t27-,28?,29+,30+,31+/m1/s1. The number of hydrogen-bond donors (Lipinski definition) is 3. The lowest BCUT2D eigenvalue weighted by Crippen LogP contribution is -2.81. The summed E-state index contributed by atoms with van der Waals surface area (Å²) in [4.78, 5) is 11.8. The van der Waals surface area contributed by atoms with Crippen molar-refractivity contribution in [3.63, 3.8) is 0 Å². The highest BCUT2D eigenvalue weighted by Crippen LogP contribution is 2.52. The molecule has 202 valence electrons. The number of rotatable bonds is 10. The van der Waals surface area contributed by atoms with Gasteiger partial charge in [-0.2, -0.15) is 0 Å². The SMILES string of the molecule is CCSC1O[C@H](COC(C)=O)[C@@](O)(Cc2ccccc2)[C@@](O)(Cc2ccccc2)[C@]1(O)Cc1ccccc1. The second-order valence-corrected chi connectivity index (χ2v) is 11.2. The zero-order valence-electron chi connectivity index (χ0n) is 21.8. The monoisotopic (exact) mass is 536 g/mol. The molecule has 3 aromatic rings. The number of benzene rings is 3. The maximum atomic E-state index is 12.9. The molecule has 1 aliphatic heterocycles. The highest BCUT2D eigenvalue weighted by Gasteiger charge is 2.71. The number of ether oxygens (including phenoxy) is 2. The van der Waals surface area contributed by atoms with Crippen molar-refractivity contribution in [3.05, 3.63) is 108 Å². The summed E-state index contributed by atoms with van der Waals surface area (Å²) in [5, 5.41) is 38.2. The lowest BCUT2D eigenvalue weighted by atomic mass is 9.60. The summed E-state index contributed by atoms with van der Waals surface area (Å²) in [6, 6.07) is 28.0. The van der Waals surface area contributed by atoms with Crippen molar-refractivity contribution in [2.45, 2.75) is 61.5 Å². The summed E-state index contributed by atoms with van der Waals surface area (Å²) in [6.07, 6.45) is -1.11. The number of carbonyl (C=O) groups is 1. The third-order valence-electron chi connectivity index (χ3n) is 7.33. The Balaban J connectivity index is 1.91. The van der Waals surface area contributed by atoms with E-state index in [9.17, 15) is 20.1 Å². The fourth-order valence-corrected chi connectivity index (χ4v) is 6.48. The van der Waals surface area contributed by atoms with Gasteiger partial charge in [0.25, 0.3) is 0 Å². The first kappa shape index (κ1) is 28.3. The Morgan fingerprint density at radius 2 is 1.24 bits per heavy atom. The second kappa shape index (κ2) is 12.0. The molecule has 6 nitrogen and oxygen atoms in total. The van der Waals surface area contributed by atoms with Crippen LogP contribution in [0.3, 0.4) is 0 Å². The molecule has 0 aliphatic carbocycles. The van der Waals surface area contributed by atoms with Gasteiger partial charge in [-0.15, -0.1) is 11.8 Å². The van der Waals surface area contributed by atoms with Crippen molar-refractivity contribution < 1.29 is 29.6 Å². The first-order valence-electron chi connectivity index (χ1n) is 12.9. The number of esters is 1. The van der Waals surface area contributed by atoms with Crippen molar-refractivity contribution in [1.82, 2.24) is 0 Å². The molecule has 0 aromatic heterocycles. The van der Waals surface area contributed by atoms with Gasteiger partial charge in [0.2, 0.25) is 0 Å². The van der Waals surface area contributed by atoms with Crippen LogP contribution in [0.15, 0.2) is 91.0 Å². The van der Waals surface area contributed by atoms with E-state index in [4.69, 9.17) is 9.47 Å². The summed E-state index contributed by atoms with van der Waals surface area (Å²) in [5.74, 6) is 0.0766. The average molecular weight is 537 g/mol. The van der Waals surface area contributed by atoms with E-state index >= 15 is 0 Å². The molecule has 0 radical (unpaired) electrons. The molecule has 4 rings (SSSR count). The Bertz CT molecular complexity index is 1180. The smallest absolute Gasteiger partial charge is 0.302 e. The van der Waals surface area contributed by atoms with Crippen molar-refractivity contribution in [2.75, 3.05) is 12.4 Å². The van der Waals surface area contributed by atoms with Crippen molar-refractivity contribution >= 4 is 17.7 Å². The van der Waals surface area contributed by atoms with Crippen LogP contribution in [0.25, 0.3) is 0 Å². The number of hydrogen-bond acceptors (Lipinski definition) is 7. The molecule has 5 atom stereocenters. The van der Waals surface area contributed by atoms with E-state index in [1.165, 1.54) is 18.7 Å². The van der Waals surface area contributed by atoms with E-state index in [2.05, 4.69) is 0 Å². The molecular weight excluding hydrogens is 500 g/mol. The second-order valence-electron chi connectivity index (χ2n) is 9.91. The number of thioether (sulfide) groups is 1. The molecule has 3 N–H and O–H groups in total. The van der Waals surface area contributed by atoms with Crippen LogP contribution in [0, 0.1) is 0 Å². The molecule has 1 aliphatic rings. The van der Waals surface area contributed by atoms with Crippen molar-refractivity contribution in [2.24, 2.45) is 0 Å². The minimum absolute atomic E-state index is 0.0241. The third-order valence-corrected chi connectivity index (χ3v) is 8.47. The van der Waals surface area contributed by atoms with Gasteiger partial charge in [0, 0.05) is 26.2 Å². The van der Waals surface area contributed by atoms with E-state index in [0.717, 1.165) is 16.7 Å². The van der Waals surface area contributed by atoms with E-state index in [0.29, 0.717) is 5.75 Å². The molecular formula is C31H36O6S. The van der Waals surface area contributed by atoms with Gasteiger partial charge < -0.3 is 24.8 Å². The van der Waals surface area contributed by atoms with E-state index < -0.39 is 34.3 Å². The van der Waals surface area contributed by atoms with Crippen LogP contribution in [0.5, 0.6) is 0 Å².